The molecule has 2 heterocycles. The molecule has 0 spiro atoms. The van der Waals surface area contributed by atoms with Gasteiger partial charge >= 0.3 is 0 Å². The SMILES string of the molecule is CCCCNC(=O)c1nc(C(=O)NCc2ccccc2Cl)c2n1CCCC2. The summed E-state index contributed by atoms with van der Waals surface area (Å²) in [5.74, 6) is -0.145. The van der Waals surface area contributed by atoms with Gasteiger partial charge in [-0.1, -0.05) is 43.1 Å². The molecule has 2 N–H and O–H groups in total. The first kappa shape index (κ1) is 19.4. The standard InChI is InChI=1S/C20H25ClN4O2/c1-2-3-11-22-20(27)18-24-17(16-10-6-7-12-25(16)18)19(26)23-13-14-8-4-5-9-15(14)21/h4-5,8-9H,2-3,6-7,10-13H2,1H3,(H,22,27)(H,23,26). The van der Waals surface area contributed by atoms with E-state index >= 15 is 0 Å². The van der Waals surface area contributed by atoms with Crippen molar-refractivity contribution in [3.8, 4) is 0 Å². The van der Waals surface area contributed by atoms with Gasteiger partial charge in [0.2, 0.25) is 0 Å². The first-order valence-corrected chi connectivity index (χ1v) is 9.88. The summed E-state index contributed by atoms with van der Waals surface area (Å²) >= 11 is 6.15. The average Bonchev–Trinajstić information content (AvgIpc) is 3.07. The molecule has 144 valence electrons. The Bertz CT molecular complexity index is 831. The van der Waals surface area contributed by atoms with Gasteiger partial charge < -0.3 is 15.2 Å². The zero-order valence-corrected chi connectivity index (χ0v) is 16.3. The molecule has 1 aromatic carbocycles. The van der Waals surface area contributed by atoms with Crippen molar-refractivity contribution < 1.29 is 9.59 Å². The molecule has 2 amide bonds. The maximum atomic E-state index is 12.7. The largest absolute Gasteiger partial charge is 0.349 e. The summed E-state index contributed by atoms with van der Waals surface area (Å²) in [5.41, 5.74) is 2.04. The summed E-state index contributed by atoms with van der Waals surface area (Å²) in [7, 11) is 0. The van der Waals surface area contributed by atoms with Crippen molar-refractivity contribution in [1.29, 1.82) is 0 Å². The maximum Gasteiger partial charge on any atom is 0.287 e. The van der Waals surface area contributed by atoms with Crippen LogP contribution in [0.1, 0.15) is 65.0 Å². The molecule has 0 saturated carbocycles. The van der Waals surface area contributed by atoms with Crippen LogP contribution in [0.25, 0.3) is 0 Å². The van der Waals surface area contributed by atoms with Crippen LogP contribution in [-0.4, -0.2) is 27.9 Å². The normalized spacial score (nSPS) is 13.1. The number of halogens is 1. The van der Waals surface area contributed by atoms with Crippen LogP contribution >= 0.6 is 11.6 Å². The number of nitrogens with one attached hydrogen (secondary N) is 2. The number of carbonyl (C=O) groups excluding carboxylic acids is 2. The Labute approximate surface area is 164 Å². The van der Waals surface area contributed by atoms with Gasteiger partial charge in [-0.15, -0.1) is 0 Å². The second kappa shape index (κ2) is 9.04. The number of amides is 2. The van der Waals surface area contributed by atoms with Crippen molar-refractivity contribution >= 4 is 23.4 Å². The fourth-order valence-corrected chi connectivity index (χ4v) is 3.46. The van der Waals surface area contributed by atoms with Crippen LogP contribution in [0.15, 0.2) is 24.3 Å². The second-order valence-corrected chi connectivity index (χ2v) is 7.13. The summed E-state index contributed by atoms with van der Waals surface area (Å²) in [6.07, 6.45) is 4.66. The number of hydrogen-bond acceptors (Lipinski definition) is 3. The van der Waals surface area contributed by atoms with E-state index in [1.54, 1.807) is 6.07 Å². The topological polar surface area (TPSA) is 76.0 Å². The van der Waals surface area contributed by atoms with E-state index in [2.05, 4.69) is 22.5 Å². The lowest BCUT2D eigenvalue weighted by molar-refractivity contribution is 0.0937. The summed E-state index contributed by atoms with van der Waals surface area (Å²) in [6.45, 7) is 3.73. The lowest BCUT2D eigenvalue weighted by Crippen LogP contribution is -2.28. The van der Waals surface area contributed by atoms with Crippen LogP contribution in [0, 0.1) is 0 Å². The van der Waals surface area contributed by atoms with Gasteiger partial charge in [-0.3, -0.25) is 9.59 Å². The highest BCUT2D eigenvalue weighted by molar-refractivity contribution is 6.31. The third-order valence-electron chi connectivity index (χ3n) is 4.75. The van der Waals surface area contributed by atoms with E-state index in [4.69, 9.17) is 11.6 Å². The molecule has 3 rings (SSSR count). The minimum Gasteiger partial charge on any atom is -0.349 e. The Balaban J connectivity index is 1.77. The monoisotopic (exact) mass is 388 g/mol. The molecular formula is C20H25ClN4O2. The smallest absolute Gasteiger partial charge is 0.287 e. The number of unbranched alkanes of at least 4 members (excludes halogenated alkanes) is 1. The molecule has 6 nitrogen and oxygen atoms in total. The molecule has 1 aromatic heterocycles. The van der Waals surface area contributed by atoms with Crippen molar-refractivity contribution in [2.45, 2.75) is 52.1 Å². The highest BCUT2D eigenvalue weighted by Crippen LogP contribution is 2.21. The van der Waals surface area contributed by atoms with Gasteiger partial charge in [-0.2, -0.15) is 0 Å². The number of imidazole rings is 1. The zero-order valence-electron chi connectivity index (χ0n) is 15.6. The van der Waals surface area contributed by atoms with Crippen LogP contribution in [0.5, 0.6) is 0 Å². The van der Waals surface area contributed by atoms with Gasteiger partial charge in [0.25, 0.3) is 11.8 Å². The number of carbonyl (C=O) groups is 2. The van der Waals surface area contributed by atoms with Crippen molar-refractivity contribution in [2.24, 2.45) is 0 Å². The Morgan fingerprint density at radius 3 is 2.78 bits per heavy atom. The molecule has 0 bridgehead atoms. The molecule has 0 saturated heterocycles. The fourth-order valence-electron chi connectivity index (χ4n) is 3.26. The Morgan fingerprint density at radius 2 is 2.00 bits per heavy atom. The maximum absolute atomic E-state index is 12.7. The van der Waals surface area contributed by atoms with Crippen molar-refractivity contribution in [3.05, 3.63) is 52.1 Å². The van der Waals surface area contributed by atoms with Crippen LogP contribution in [0.3, 0.4) is 0 Å². The molecule has 7 heteroatoms. The van der Waals surface area contributed by atoms with E-state index in [-0.39, 0.29) is 11.8 Å². The molecule has 1 aliphatic heterocycles. The minimum atomic E-state index is -0.270. The van der Waals surface area contributed by atoms with Crippen LogP contribution < -0.4 is 10.6 Å². The van der Waals surface area contributed by atoms with E-state index in [1.165, 1.54) is 0 Å². The average molecular weight is 389 g/mol. The van der Waals surface area contributed by atoms with Gasteiger partial charge in [0, 0.05) is 24.7 Å². The lowest BCUT2D eigenvalue weighted by Gasteiger charge is -2.17. The highest BCUT2D eigenvalue weighted by atomic mass is 35.5. The first-order valence-electron chi connectivity index (χ1n) is 9.51. The third kappa shape index (κ3) is 4.50. The van der Waals surface area contributed by atoms with Crippen molar-refractivity contribution in [1.82, 2.24) is 20.2 Å². The molecule has 0 atom stereocenters. The number of hydrogen-bond donors (Lipinski definition) is 2. The molecule has 0 radical (unpaired) electrons. The van der Waals surface area contributed by atoms with Gasteiger partial charge in [0.1, 0.15) is 5.69 Å². The first-order chi connectivity index (χ1) is 13.1. The number of aromatic nitrogens is 2. The van der Waals surface area contributed by atoms with Crippen molar-refractivity contribution in [3.63, 3.8) is 0 Å². The zero-order chi connectivity index (χ0) is 19.2. The summed E-state index contributed by atoms with van der Waals surface area (Å²) in [4.78, 5) is 29.7. The molecule has 0 fully saturated rings. The van der Waals surface area contributed by atoms with Gasteiger partial charge in [0.05, 0.1) is 5.69 Å². The van der Waals surface area contributed by atoms with E-state index in [1.807, 2.05) is 22.8 Å². The van der Waals surface area contributed by atoms with E-state index in [0.29, 0.717) is 29.6 Å². The summed E-state index contributed by atoms with van der Waals surface area (Å²) in [6, 6.07) is 7.39. The quantitative estimate of drug-likeness (QED) is 0.714. The van der Waals surface area contributed by atoms with Crippen LogP contribution in [0.4, 0.5) is 0 Å². The molecule has 0 unspecified atom stereocenters. The number of fused-ring (bicyclic) bond motifs is 1. The molecule has 0 aliphatic carbocycles. The molecule has 1 aliphatic rings. The second-order valence-electron chi connectivity index (χ2n) is 6.72. The van der Waals surface area contributed by atoms with Crippen LogP contribution in [-0.2, 0) is 19.5 Å². The van der Waals surface area contributed by atoms with Crippen molar-refractivity contribution in [2.75, 3.05) is 6.54 Å². The van der Waals surface area contributed by atoms with Gasteiger partial charge in [-0.05, 0) is 37.3 Å². The number of rotatable bonds is 7. The Hall–Kier alpha value is -2.34. The predicted octanol–water partition coefficient (Wildman–Crippen LogP) is 3.33. The number of benzene rings is 1. The molecule has 2 aromatic rings. The highest BCUT2D eigenvalue weighted by Gasteiger charge is 2.27. The van der Waals surface area contributed by atoms with Gasteiger partial charge in [0.15, 0.2) is 5.82 Å². The van der Waals surface area contributed by atoms with E-state index in [0.717, 1.165) is 49.9 Å². The lowest BCUT2D eigenvalue weighted by atomic mass is 10.1. The summed E-state index contributed by atoms with van der Waals surface area (Å²) in [5, 5.41) is 6.39. The van der Waals surface area contributed by atoms with E-state index in [9.17, 15) is 9.59 Å². The Morgan fingerprint density at radius 1 is 1.19 bits per heavy atom. The van der Waals surface area contributed by atoms with Crippen LogP contribution in [0.2, 0.25) is 5.02 Å². The summed E-state index contributed by atoms with van der Waals surface area (Å²) < 4.78 is 1.90. The van der Waals surface area contributed by atoms with Gasteiger partial charge in [-0.25, -0.2) is 4.98 Å². The third-order valence-corrected chi connectivity index (χ3v) is 5.12. The predicted molar refractivity (Wildman–Crippen MR) is 105 cm³/mol. The molecular weight excluding hydrogens is 364 g/mol. The minimum absolute atomic E-state index is 0.211. The van der Waals surface area contributed by atoms with E-state index < -0.39 is 0 Å². The fraction of sp³-hybridized carbons (Fsp3) is 0.450. The number of nitrogens with zero attached hydrogens (tertiary/aromatic N) is 2. The Kier molecular flexibility index (Phi) is 6.50. The molecule has 27 heavy (non-hydrogen) atoms.